The van der Waals surface area contributed by atoms with Gasteiger partial charge in [0.15, 0.2) is 11.5 Å². The molecule has 1 aromatic carbocycles. The number of carbonyl (C=O) groups excluding carboxylic acids is 2. The van der Waals surface area contributed by atoms with Crippen molar-refractivity contribution in [2.75, 3.05) is 29.9 Å². The van der Waals surface area contributed by atoms with Gasteiger partial charge in [0, 0.05) is 13.1 Å². The molecule has 27 heavy (non-hydrogen) atoms. The van der Waals surface area contributed by atoms with Gasteiger partial charge in [-0.2, -0.15) is 0 Å². The number of nitrogens with one attached hydrogen (secondary N) is 1. The van der Waals surface area contributed by atoms with Gasteiger partial charge in [-0.3, -0.25) is 4.79 Å². The van der Waals surface area contributed by atoms with E-state index in [1.165, 1.54) is 0 Å². The molecule has 2 aromatic rings. The van der Waals surface area contributed by atoms with Crippen molar-refractivity contribution in [1.82, 2.24) is 10.2 Å². The highest BCUT2D eigenvalue weighted by Crippen LogP contribution is 2.18. The highest BCUT2D eigenvalue weighted by atomic mass is 16.5. The Morgan fingerprint density at radius 2 is 1.70 bits per heavy atom. The molecular weight excluding hydrogens is 344 g/mol. The molecule has 144 valence electrons. The number of aromatic nitrogens is 2. The van der Waals surface area contributed by atoms with E-state index in [9.17, 15) is 9.59 Å². The minimum absolute atomic E-state index is 0.186. The second-order valence-corrected chi connectivity index (χ2v) is 5.98. The molecule has 1 N–H and O–H groups in total. The fourth-order valence-corrected chi connectivity index (χ4v) is 2.66. The highest BCUT2D eigenvalue weighted by molar-refractivity contribution is 6.07. The molecule has 0 spiro atoms. The van der Waals surface area contributed by atoms with Crippen LogP contribution in [-0.4, -0.2) is 41.8 Å². The van der Waals surface area contributed by atoms with E-state index in [0.29, 0.717) is 11.3 Å². The van der Waals surface area contributed by atoms with Crippen molar-refractivity contribution in [3.8, 4) is 0 Å². The summed E-state index contributed by atoms with van der Waals surface area (Å²) in [4.78, 5) is 26.7. The summed E-state index contributed by atoms with van der Waals surface area (Å²) < 4.78 is 5.02. The smallest absolute Gasteiger partial charge is 0.340 e. The summed E-state index contributed by atoms with van der Waals surface area (Å²) >= 11 is 0. The first kappa shape index (κ1) is 20.4. The van der Waals surface area contributed by atoms with E-state index in [1.54, 1.807) is 43.3 Å². The number of ether oxygens (including phenoxy) is 1. The van der Waals surface area contributed by atoms with E-state index in [-0.39, 0.29) is 12.3 Å². The van der Waals surface area contributed by atoms with Crippen molar-refractivity contribution in [1.29, 1.82) is 0 Å². The van der Waals surface area contributed by atoms with Crippen molar-refractivity contribution in [3.63, 3.8) is 0 Å². The van der Waals surface area contributed by atoms with E-state index in [1.807, 2.05) is 0 Å². The highest BCUT2D eigenvalue weighted by Gasteiger charge is 2.16. The number of hydrogen-bond donors (Lipinski definition) is 1. The lowest BCUT2D eigenvalue weighted by Crippen LogP contribution is -2.26. The first-order chi connectivity index (χ1) is 13.1. The second-order valence-electron chi connectivity index (χ2n) is 5.98. The normalized spacial score (nSPS) is 10.3. The molecule has 7 heteroatoms. The van der Waals surface area contributed by atoms with Gasteiger partial charge in [-0.1, -0.05) is 26.0 Å². The summed E-state index contributed by atoms with van der Waals surface area (Å²) in [5, 5.41) is 10.9. The molecule has 0 saturated heterocycles. The summed E-state index contributed by atoms with van der Waals surface area (Å²) in [6.45, 7) is 8.00. The maximum Gasteiger partial charge on any atom is 0.340 e. The van der Waals surface area contributed by atoms with Gasteiger partial charge in [-0.25, -0.2) is 4.79 Å². The molecule has 0 aliphatic rings. The van der Waals surface area contributed by atoms with Gasteiger partial charge in [0.05, 0.1) is 17.9 Å². The van der Waals surface area contributed by atoms with E-state index in [2.05, 4.69) is 34.3 Å². The molecule has 1 heterocycles. The fourth-order valence-electron chi connectivity index (χ4n) is 2.66. The predicted octanol–water partition coefficient (Wildman–Crippen LogP) is 3.53. The van der Waals surface area contributed by atoms with Crippen LogP contribution >= 0.6 is 0 Å². The number of esters is 1. The number of benzene rings is 1. The van der Waals surface area contributed by atoms with Crippen LogP contribution in [0.15, 0.2) is 36.4 Å². The Morgan fingerprint density at radius 1 is 1.00 bits per heavy atom. The molecule has 0 aliphatic heterocycles. The second kappa shape index (κ2) is 10.3. The molecule has 0 fully saturated rings. The van der Waals surface area contributed by atoms with Crippen molar-refractivity contribution < 1.29 is 14.3 Å². The summed E-state index contributed by atoms with van der Waals surface area (Å²) in [6.07, 6.45) is 2.02. The number of anilines is 2. The van der Waals surface area contributed by atoms with Crippen LogP contribution in [-0.2, 0) is 4.74 Å². The largest absolute Gasteiger partial charge is 0.462 e. The van der Waals surface area contributed by atoms with Gasteiger partial charge in [0.2, 0.25) is 0 Å². The SMILES string of the molecule is CCCN(CCC)c1ccc(C(=O)Nc2ccccc2C(=O)OCC)nn1. The number of carbonyl (C=O) groups is 2. The van der Waals surface area contributed by atoms with E-state index >= 15 is 0 Å². The number of para-hydroxylation sites is 1. The Bertz CT molecular complexity index is 756. The van der Waals surface area contributed by atoms with Gasteiger partial charge < -0.3 is 15.0 Å². The molecule has 7 nitrogen and oxygen atoms in total. The van der Waals surface area contributed by atoms with Crippen molar-refractivity contribution in [2.45, 2.75) is 33.6 Å². The first-order valence-electron chi connectivity index (χ1n) is 9.26. The van der Waals surface area contributed by atoms with Gasteiger partial charge in [0.25, 0.3) is 5.91 Å². The van der Waals surface area contributed by atoms with Crippen LogP contribution in [0.25, 0.3) is 0 Å². The van der Waals surface area contributed by atoms with Crippen molar-refractivity contribution in [2.24, 2.45) is 0 Å². The van der Waals surface area contributed by atoms with Crippen LogP contribution in [0.4, 0.5) is 11.5 Å². The zero-order chi connectivity index (χ0) is 19.6. The molecule has 0 atom stereocenters. The molecular formula is C20H26N4O3. The van der Waals surface area contributed by atoms with Crippen molar-refractivity contribution >= 4 is 23.4 Å². The number of amides is 1. The first-order valence-corrected chi connectivity index (χ1v) is 9.26. The van der Waals surface area contributed by atoms with E-state index < -0.39 is 11.9 Å². The van der Waals surface area contributed by atoms with Gasteiger partial charge in [-0.05, 0) is 44.0 Å². The standard InChI is InChI=1S/C20H26N4O3/c1-4-13-24(14-5-2)18-12-11-17(22-23-18)19(25)21-16-10-8-7-9-15(16)20(26)27-6-3/h7-12H,4-6,13-14H2,1-3H3,(H,21,25). The Labute approximate surface area is 159 Å². The summed E-state index contributed by atoms with van der Waals surface area (Å²) in [6, 6.07) is 10.1. The lowest BCUT2D eigenvalue weighted by Gasteiger charge is -2.21. The fraction of sp³-hybridized carbons (Fsp3) is 0.400. The van der Waals surface area contributed by atoms with Crippen LogP contribution in [0.3, 0.4) is 0 Å². The zero-order valence-electron chi connectivity index (χ0n) is 16.1. The summed E-state index contributed by atoms with van der Waals surface area (Å²) in [5.41, 5.74) is 0.866. The van der Waals surface area contributed by atoms with Crippen LogP contribution in [0.5, 0.6) is 0 Å². The Morgan fingerprint density at radius 3 is 2.30 bits per heavy atom. The maximum atomic E-state index is 12.5. The van der Waals surface area contributed by atoms with Gasteiger partial charge in [0.1, 0.15) is 0 Å². The van der Waals surface area contributed by atoms with E-state index in [0.717, 1.165) is 31.7 Å². The van der Waals surface area contributed by atoms with Crippen LogP contribution < -0.4 is 10.2 Å². The van der Waals surface area contributed by atoms with Crippen LogP contribution in [0.2, 0.25) is 0 Å². The molecule has 0 radical (unpaired) electrons. The monoisotopic (exact) mass is 370 g/mol. The minimum atomic E-state index is -0.482. The molecule has 0 unspecified atom stereocenters. The van der Waals surface area contributed by atoms with Crippen molar-refractivity contribution in [3.05, 3.63) is 47.7 Å². The van der Waals surface area contributed by atoms with Gasteiger partial charge in [-0.15, -0.1) is 10.2 Å². The van der Waals surface area contributed by atoms with Gasteiger partial charge >= 0.3 is 5.97 Å². The zero-order valence-corrected chi connectivity index (χ0v) is 16.1. The third kappa shape index (κ3) is 5.51. The molecule has 0 aliphatic carbocycles. The third-order valence-electron chi connectivity index (χ3n) is 3.86. The molecule has 0 saturated carbocycles. The van der Waals surface area contributed by atoms with Crippen LogP contribution in [0, 0.1) is 0 Å². The number of nitrogens with zero attached hydrogens (tertiary/aromatic N) is 3. The lowest BCUT2D eigenvalue weighted by atomic mass is 10.1. The molecule has 2 rings (SSSR count). The minimum Gasteiger partial charge on any atom is -0.462 e. The Hall–Kier alpha value is -2.96. The average molecular weight is 370 g/mol. The molecule has 0 bridgehead atoms. The Kier molecular flexibility index (Phi) is 7.73. The topological polar surface area (TPSA) is 84.4 Å². The summed E-state index contributed by atoms with van der Waals surface area (Å²) in [5.74, 6) is -0.157. The quantitative estimate of drug-likeness (QED) is 0.680. The molecule has 1 aromatic heterocycles. The third-order valence-corrected chi connectivity index (χ3v) is 3.86. The maximum absolute atomic E-state index is 12.5. The molecule has 1 amide bonds. The number of hydrogen-bond acceptors (Lipinski definition) is 6. The average Bonchev–Trinajstić information content (AvgIpc) is 2.68. The lowest BCUT2D eigenvalue weighted by molar-refractivity contribution is 0.0527. The van der Waals surface area contributed by atoms with E-state index in [4.69, 9.17) is 4.74 Å². The predicted molar refractivity (Wildman–Crippen MR) is 105 cm³/mol. The summed E-state index contributed by atoms with van der Waals surface area (Å²) in [7, 11) is 0. The van der Waals surface area contributed by atoms with Crippen LogP contribution in [0.1, 0.15) is 54.5 Å². The Balaban J connectivity index is 2.14. The number of rotatable bonds is 9.